The van der Waals surface area contributed by atoms with Crippen molar-refractivity contribution >= 4 is 56.6 Å². The lowest BCUT2D eigenvalue weighted by atomic mass is 10.2. The molecule has 1 aliphatic rings. The number of fused-ring (bicyclic) bond motifs is 1. The van der Waals surface area contributed by atoms with E-state index in [1.54, 1.807) is 37.7 Å². The summed E-state index contributed by atoms with van der Waals surface area (Å²) >= 11 is 2.95. The van der Waals surface area contributed by atoms with Gasteiger partial charge in [-0.15, -0.1) is 23.5 Å². The Morgan fingerprint density at radius 1 is 1.28 bits per heavy atom. The molecule has 0 aromatic heterocycles. The molecule has 0 saturated carbocycles. The van der Waals surface area contributed by atoms with Gasteiger partial charge >= 0.3 is 0 Å². The molecule has 2 aromatic carbocycles. The minimum Gasteiger partial charge on any atom is -0.326 e. The molecule has 1 heterocycles. The van der Waals surface area contributed by atoms with Gasteiger partial charge in [-0.3, -0.25) is 9.59 Å². The quantitative estimate of drug-likeness (QED) is 0.649. The fraction of sp³-hybridized carbons (Fsp3) is 0.300. The van der Waals surface area contributed by atoms with Crippen LogP contribution in [0, 0.1) is 5.92 Å². The van der Waals surface area contributed by atoms with Crippen LogP contribution in [-0.2, 0) is 19.4 Å². The van der Waals surface area contributed by atoms with Crippen molar-refractivity contribution in [1.29, 1.82) is 0 Å². The van der Waals surface area contributed by atoms with E-state index in [0.717, 1.165) is 9.79 Å². The molecule has 3 rings (SSSR count). The first-order valence-electron chi connectivity index (χ1n) is 8.99. The summed E-state index contributed by atoms with van der Waals surface area (Å²) in [6, 6.07) is 12.1. The lowest BCUT2D eigenvalue weighted by Gasteiger charge is -2.22. The Hall–Kier alpha value is -1.97. The van der Waals surface area contributed by atoms with Gasteiger partial charge in [0.05, 0.1) is 21.6 Å². The van der Waals surface area contributed by atoms with Crippen molar-refractivity contribution in [1.82, 2.24) is 0 Å². The van der Waals surface area contributed by atoms with Crippen molar-refractivity contribution in [2.45, 2.75) is 33.8 Å². The highest BCUT2D eigenvalue weighted by molar-refractivity contribution is 8.01. The number of sulfone groups is 1. The number of hydrogen-bond donors (Lipinski definition) is 2. The van der Waals surface area contributed by atoms with Gasteiger partial charge in [-0.25, -0.2) is 8.42 Å². The van der Waals surface area contributed by atoms with E-state index in [9.17, 15) is 18.0 Å². The van der Waals surface area contributed by atoms with Crippen LogP contribution in [0.4, 0.5) is 11.4 Å². The molecule has 2 atom stereocenters. The molecule has 2 amide bonds. The highest BCUT2D eigenvalue weighted by Crippen LogP contribution is 2.37. The number of thioether (sulfide) groups is 2. The van der Waals surface area contributed by atoms with Gasteiger partial charge in [-0.1, -0.05) is 13.0 Å². The summed E-state index contributed by atoms with van der Waals surface area (Å²) in [7, 11) is -3.70. The highest BCUT2D eigenvalue weighted by Gasteiger charge is 2.27. The Bertz CT molecular complexity index is 1050. The molecule has 0 bridgehead atoms. The summed E-state index contributed by atoms with van der Waals surface area (Å²) in [5.74, 6) is -1.57. The van der Waals surface area contributed by atoms with Gasteiger partial charge < -0.3 is 10.6 Å². The molecule has 2 N–H and O–H groups in total. The second-order valence-electron chi connectivity index (χ2n) is 6.81. The molecule has 0 spiro atoms. The number of carbonyl (C=O) groups is 2. The summed E-state index contributed by atoms with van der Waals surface area (Å²) < 4.78 is 25.7. The van der Waals surface area contributed by atoms with Gasteiger partial charge in [0.1, 0.15) is 0 Å². The number of benzene rings is 2. The molecule has 0 fully saturated rings. The van der Waals surface area contributed by atoms with E-state index in [-0.39, 0.29) is 27.7 Å². The second kappa shape index (κ2) is 8.81. The van der Waals surface area contributed by atoms with Crippen molar-refractivity contribution in [3.8, 4) is 0 Å². The van der Waals surface area contributed by atoms with Crippen LogP contribution in [0.25, 0.3) is 0 Å². The fourth-order valence-electron chi connectivity index (χ4n) is 2.85. The average molecular weight is 451 g/mol. The normalized spacial score (nSPS) is 17.2. The van der Waals surface area contributed by atoms with E-state index < -0.39 is 15.8 Å². The van der Waals surface area contributed by atoms with E-state index in [0.29, 0.717) is 11.4 Å². The van der Waals surface area contributed by atoms with Crippen molar-refractivity contribution in [2.75, 3.05) is 22.6 Å². The van der Waals surface area contributed by atoms with Gasteiger partial charge in [-0.05, 0) is 49.6 Å². The maximum absolute atomic E-state index is 12.8. The molecule has 29 heavy (non-hydrogen) atoms. The Morgan fingerprint density at radius 3 is 2.76 bits per heavy atom. The summed E-state index contributed by atoms with van der Waals surface area (Å²) in [5, 5.41) is 5.29. The molecule has 0 radical (unpaired) electrons. The Labute approximate surface area is 179 Å². The number of nitrogens with one attached hydrogen (secondary N) is 2. The van der Waals surface area contributed by atoms with Crippen LogP contribution in [0.1, 0.15) is 13.8 Å². The standard InChI is InChI=1S/C20H22N2O4S3/c1-12(19(23)21-14-5-4-6-15(9-14)27-3)11-29(25,26)16-7-8-18-17(10-16)22-20(24)13(2)28-18/h4-10,12-13H,11H2,1-3H3,(H,21,23)(H,22,24)/t12-,13+/m1/s1. The molecule has 9 heteroatoms. The van der Waals surface area contributed by atoms with E-state index in [4.69, 9.17) is 0 Å². The molecule has 6 nitrogen and oxygen atoms in total. The van der Waals surface area contributed by atoms with E-state index in [2.05, 4.69) is 10.6 Å². The van der Waals surface area contributed by atoms with E-state index >= 15 is 0 Å². The van der Waals surface area contributed by atoms with Crippen LogP contribution in [0.2, 0.25) is 0 Å². The van der Waals surface area contributed by atoms with Crippen LogP contribution in [-0.4, -0.2) is 37.5 Å². The summed E-state index contributed by atoms with van der Waals surface area (Å²) in [5.41, 5.74) is 1.12. The average Bonchev–Trinajstić information content (AvgIpc) is 2.68. The molecule has 0 aliphatic carbocycles. The predicted molar refractivity (Wildman–Crippen MR) is 118 cm³/mol. The largest absolute Gasteiger partial charge is 0.326 e. The molecule has 1 aliphatic heterocycles. The first-order chi connectivity index (χ1) is 13.7. The number of amides is 2. The van der Waals surface area contributed by atoms with Crippen LogP contribution in [0.3, 0.4) is 0 Å². The Kier molecular flexibility index (Phi) is 6.60. The van der Waals surface area contributed by atoms with Gasteiger partial charge in [0.15, 0.2) is 9.84 Å². The Balaban J connectivity index is 1.72. The molecule has 0 unspecified atom stereocenters. The zero-order valence-electron chi connectivity index (χ0n) is 16.3. The van der Waals surface area contributed by atoms with Crippen molar-refractivity contribution < 1.29 is 18.0 Å². The molecular formula is C20H22N2O4S3. The maximum Gasteiger partial charge on any atom is 0.237 e. The smallest absolute Gasteiger partial charge is 0.237 e. The monoisotopic (exact) mass is 450 g/mol. The molecule has 0 saturated heterocycles. The van der Waals surface area contributed by atoms with Gasteiger partial charge in [-0.2, -0.15) is 0 Å². The molecule has 2 aromatic rings. The minimum absolute atomic E-state index is 0.0933. The van der Waals surface area contributed by atoms with Crippen LogP contribution in [0.15, 0.2) is 57.2 Å². The third-order valence-corrected chi connectivity index (χ3v) is 8.31. The van der Waals surface area contributed by atoms with Gasteiger partial charge in [0.25, 0.3) is 0 Å². The highest BCUT2D eigenvalue weighted by atomic mass is 32.2. The van der Waals surface area contributed by atoms with E-state index in [1.807, 2.05) is 24.5 Å². The number of rotatable bonds is 6. The summed E-state index contributed by atoms with van der Waals surface area (Å²) in [6.45, 7) is 3.38. The number of carbonyl (C=O) groups excluding carboxylic acids is 2. The Morgan fingerprint density at radius 2 is 2.03 bits per heavy atom. The fourth-order valence-corrected chi connectivity index (χ4v) is 5.81. The first-order valence-corrected chi connectivity index (χ1v) is 12.7. The zero-order chi connectivity index (χ0) is 21.2. The summed E-state index contributed by atoms with van der Waals surface area (Å²) in [4.78, 5) is 26.3. The van der Waals surface area contributed by atoms with Gasteiger partial charge in [0, 0.05) is 21.4 Å². The lowest BCUT2D eigenvalue weighted by Crippen LogP contribution is -2.28. The third kappa shape index (κ3) is 5.15. The number of hydrogen-bond acceptors (Lipinski definition) is 6. The summed E-state index contributed by atoms with van der Waals surface area (Å²) in [6.07, 6.45) is 1.94. The molecular weight excluding hydrogens is 428 g/mol. The lowest BCUT2D eigenvalue weighted by molar-refractivity contribution is -0.119. The van der Waals surface area contributed by atoms with Crippen molar-refractivity contribution in [3.63, 3.8) is 0 Å². The van der Waals surface area contributed by atoms with Crippen molar-refractivity contribution in [2.24, 2.45) is 5.92 Å². The predicted octanol–water partition coefficient (Wildman–Crippen LogP) is 3.89. The van der Waals surface area contributed by atoms with Crippen LogP contribution < -0.4 is 10.6 Å². The zero-order valence-corrected chi connectivity index (χ0v) is 18.7. The SMILES string of the molecule is CSc1cccc(NC(=O)[C@H](C)CS(=O)(=O)c2ccc3c(c2)NC(=O)[C@H](C)S3)c1. The van der Waals surface area contributed by atoms with Crippen LogP contribution >= 0.6 is 23.5 Å². The van der Waals surface area contributed by atoms with E-state index in [1.165, 1.54) is 23.9 Å². The maximum atomic E-state index is 12.8. The molecule has 154 valence electrons. The topological polar surface area (TPSA) is 92.3 Å². The second-order valence-corrected chi connectivity index (χ2v) is 11.1. The van der Waals surface area contributed by atoms with Gasteiger partial charge in [0.2, 0.25) is 11.8 Å². The number of anilines is 2. The first kappa shape index (κ1) is 21.7. The van der Waals surface area contributed by atoms with Crippen LogP contribution in [0.5, 0.6) is 0 Å². The third-order valence-electron chi connectivity index (χ3n) is 4.50. The minimum atomic E-state index is -3.70. The van der Waals surface area contributed by atoms with Crippen molar-refractivity contribution in [3.05, 3.63) is 42.5 Å².